The van der Waals surface area contributed by atoms with E-state index in [-0.39, 0.29) is 5.56 Å². The minimum Gasteiger partial charge on any atom is -0.478 e. The average molecular weight is 317 g/mol. The summed E-state index contributed by atoms with van der Waals surface area (Å²) in [6.45, 7) is 1.92. The molecule has 5 heteroatoms. The molecule has 0 saturated carbocycles. The summed E-state index contributed by atoms with van der Waals surface area (Å²) >= 11 is 5.95. The van der Waals surface area contributed by atoms with Crippen LogP contribution in [0.2, 0.25) is 5.02 Å². The number of carboxylic acid groups (broad SMARTS) is 1. The molecule has 0 unspecified atom stereocenters. The Balaban J connectivity index is 2.08. The molecule has 1 fully saturated rings. The van der Waals surface area contributed by atoms with Crippen LogP contribution in [0.3, 0.4) is 0 Å². The molecule has 0 atom stereocenters. The molecule has 1 N–H and O–H groups in total. The molecule has 1 aliphatic rings. The van der Waals surface area contributed by atoms with Crippen LogP contribution in [0.25, 0.3) is 11.1 Å². The van der Waals surface area contributed by atoms with Crippen LogP contribution >= 0.6 is 11.6 Å². The zero-order chi connectivity index (χ0) is 15.5. The van der Waals surface area contributed by atoms with Gasteiger partial charge >= 0.3 is 5.97 Å². The molecule has 1 aliphatic heterocycles. The van der Waals surface area contributed by atoms with Crippen molar-refractivity contribution in [1.29, 1.82) is 0 Å². The van der Waals surface area contributed by atoms with Gasteiger partial charge in [-0.3, -0.25) is 0 Å². The number of piperidine rings is 1. The number of hydrogen-bond donors (Lipinski definition) is 1. The molecule has 3 rings (SSSR count). The first-order valence-corrected chi connectivity index (χ1v) is 7.77. The summed E-state index contributed by atoms with van der Waals surface area (Å²) in [5.74, 6) is -0.111. The van der Waals surface area contributed by atoms with E-state index in [2.05, 4.69) is 9.88 Å². The fourth-order valence-corrected chi connectivity index (χ4v) is 2.90. The van der Waals surface area contributed by atoms with Gasteiger partial charge in [-0.1, -0.05) is 23.7 Å². The van der Waals surface area contributed by atoms with Gasteiger partial charge in [0, 0.05) is 29.9 Å². The Bertz CT molecular complexity index is 680. The lowest BCUT2D eigenvalue weighted by atomic mass is 10.0. The molecule has 0 aliphatic carbocycles. The second-order valence-electron chi connectivity index (χ2n) is 5.45. The predicted molar refractivity (Wildman–Crippen MR) is 87.7 cm³/mol. The van der Waals surface area contributed by atoms with Crippen molar-refractivity contribution < 1.29 is 9.90 Å². The highest BCUT2D eigenvalue weighted by Gasteiger charge is 2.18. The van der Waals surface area contributed by atoms with Crippen LogP contribution in [-0.4, -0.2) is 29.1 Å². The fourth-order valence-electron chi connectivity index (χ4n) is 2.77. The van der Waals surface area contributed by atoms with Crippen molar-refractivity contribution in [3.05, 3.63) is 47.1 Å². The van der Waals surface area contributed by atoms with Gasteiger partial charge in [0.1, 0.15) is 5.82 Å². The molecule has 1 saturated heterocycles. The Labute approximate surface area is 134 Å². The molecule has 0 radical (unpaired) electrons. The Hall–Kier alpha value is -2.07. The van der Waals surface area contributed by atoms with E-state index in [1.807, 2.05) is 24.3 Å². The van der Waals surface area contributed by atoms with E-state index >= 15 is 0 Å². The van der Waals surface area contributed by atoms with E-state index in [9.17, 15) is 9.90 Å². The third-order valence-corrected chi connectivity index (χ3v) is 4.18. The van der Waals surface area contributed by atoms with Gasteiger partial charge in [0.05, 0.1) is 5.56 Å². The smallest absolute Gasteiger partial charge is 0.337 e. The predicted octanol–water partition coefficient (Wildman–Crippen LogP) is 4.09. The number of benzene rings is 1. The van der Waals surface area contributed by atoms with Crippen LogP contribution in [0.5, 0.6) is 0 Å². The number of nitrogens with zero attached hydrogens (tertiary/aromatic N) is 2. The molecule has 22 heavy (non-hydrogen) atoms. The molecule has 1 aromatic heterocycles. The number of carbonyl (C=O) groups is 1. The number of aromatic carboxylic acids is 1. The van der Waals surface area contributed by atoms with E-state index in [1.165, 1.54) is 12.6 Å². The standard InChI is InChI=1S/C17H17ClN2O2/c18-14-6-4-12(5-7-14)15-10-13(17(21)22)11-19-16(15)20-8-2-1-3-9-20/h4-7,10-11H,1-3,8-9H2,(H,21,22). The van der Waals surface area contributed by atoms with Crippen molar-refractivity contribution in [2.24, 2.45) is 0 Å². The summed E-state index contributed by atoms with van der Waals surface area (Å²) in [6.07, 6.45) is 4.95. The number of aromatic nitrogens is 1. The molecule has 2 aromatic rings. The van der Waals surface area contributed by atoms with Gasteiger partial charge in [0.25, 0.3) is 0 Å². The van der Waals surface area contributed by atoms with E-state index in [0.717, 1.165) is 42.9 Å². The van der Waals surface area contributed by atoms with Crippen LogP contribution in [-0.2, 0) is 0 Å². The van der Waals surface area contributed by atoms with Crippen molar-refractivity contribution in [3.8, 4) is 11.1 Å². The second-order valence-corrected chi connectivity index (χ2v) is 5.89. The highest BCUT2D eigenvalue weighted by molar-refractivity contribution is 6.30. The lowest BCUT2D eigenvalue weighted by Crippen LogP contribution is -2.30. The quantitative estimate of drug-likeness (QED) is 0.926. The van der Waals surface area contributed by atoms with Crippen LogP contribution < -0.4 is 4.90 Å². The Kier molecular flexibility index (Phi) is 4.29. The van der Waals surface area contributed by atoms with Gasteiger partial charge in [0.2, 0.25) is 0 Å². The number of hydrogen-bond acceptors (Lipinski definition) is 3. The van der Waals surface area contributed by atoms with Crippen molar-refractivity contribution in [2.75, 3.05) is 18.0 Å². The number of pyridine rings is 1. The van der Waals surface area contributed by atoms with Crippen LogP contribution in [0, 0.1) is 0 Å². The number of halogens is 1. The molecular formula is C17H17ClN2O2. The monoisotopic (exact) mass is 316 g/mol. The summed E-state index contributed by atoms with van der Waals surface area (Å²) in [6, 6.07) is 9.12. The van der Waals surface area contributed by atoms with Gasteiger partial charge in [-0.25, -0.2) is 9.78 Å². The summed E-state index contributed by atoms with van der Waals surface area (Å²) < 4.78 is 0. The SMILES string of the molecule is O=C(O)c1cnc(N2CCCCC2)c(-c2ccc(Cl)cc2)c1. The maximum atomic E-state index is 11.3. The molecular weight excluding hydrogens is 300 g/mol. The van der Waals surface area contributed by atoms with Crippen molar-refractivity contribution in [3.63, 3.8) is 0 Å². The summed E-state index contributed by atoms with van der Waals surface area (Å²) in [7, 11) is 0. The lowest BCUT2D eigenvalue weighted by Gasteiger charge is -2.29. The summed E-state index contributed by atoms with van der Waals surface area (Å²) in [5, 5.41) is 9.88. The highest BCUT2D eigenvalue weighted by atomic mass is 35.5. The normalized spacial score (nSPS) is 14.9. The molecule has 2 heterocycles. The minimum absolute atomic E-state index is 0.200. The molecule has 4 nitrogen and oxygen atoms in total. The summed E-state index contributed by atoms with van der Waals surface area (Å²) in [5.41, 5.74) is 1.98. The first kappa shape index (κ1) is 14.9. The second kappa shape index (κ2) is 6.36. The largest absolute Gasteiger partial charge is 0.478 e. The Morgan fingerprint density at radius 1 is 1.14 bits per heavy atom. The van der Waals surface area contributed by atoms with E-state index in [1.54, 1.807) is 6.07 Å². The summed E-state index contributed by atoms with van der Waals surface area (Å²) in [4.78, 5) is 17.9. The van der Waals surface area contributed by atoms with E-state index < -0.39 is 5.97 Å². The molecule has 0 bridgehead atoms. The minimum atomic E-state index is -0.965. The fraction of sp³-hybridized carbons (Fsp3) is 0.294. The van der Waals surface area contributed by atoms with Gasteiger partial charge in [-0.2, -0.15) is 0 Å². The van der Waals surface area contributed by atoms with Gasteiger partial charge in [-0.15, -0.1) is 0 Å². The van der Waals surface area contributed by atoms with E-state index in [4.69, 9.17) is 11.6 Å². The average Bonchev–Trinajstić information content (AvgIpc) is 2.56. The topological polar surface area (TPSA) is 53.4 Å². The molecule has 0 spiro atoms. The van der Waals surface area contributed by atoms with Crippen LogP contribution in [0.15, 0.2) is 36.5 Å². The van der Waals surface area contributed by atoms with Crippen molar-refractivity contribution in [1.82, 2.24) is 4.98 Å². The first-order chi connectivity index (χ1) is 10.6. The zero-order valence-electron chi connectivity index (χ0n) is 12.1. The highest BCUT2D eigenvalue weighted by Crippen LogP contribution is 2.32. The van der Waals surface area contributed by atoms with Gasteiger partial charge < -0.3 is 10.0 Å². The Morgan fingerprint density at radius 2 is 1.82 bits per heavy atom. The maximum absolute atomic E-state index is 11.3. The number of anilines is 1. The van der Waals surface area contributed by atoms with E-state index in [0.29, 0.717) is 5.02 Å². The lowest BCUT2D eigenvalue weighted by molar-refractivity contribution is 0.0696. The van der Waals surface area contributed by atoms with Crippen molar-refractivity contribution >= 4 is 23.4 Å². The zero-order valence-corrected chi connectivity index (χ0v) is 12.9. The van der Waals surface area contributed by atoms with Crippen LogP contribution in [0.4, 0.5) is 5.82 Å². The van der Waals surface area contributed by atoms with Crippen LogP contribution in [0.1, 0.15) is 29.6 Å². The Morgan fingerprint density at radius 3 is 2.45 bits per heavy atom. The molecule has 0 amide bonds. The first-order valence-electron chi connectivity index (χ1n) is 7.39. The van der Waals surface area contributed by atoms with Crippen molar-refractivity contribution in [2.45, 2.75) is 19.3 Å². The third kappa shape index (κ3) is 3.07. The maximum Gasteiger partial charge on any atom is 0.337 e. The molecule has 114 valence electrons. The number of carboxylic acids is 1. The van der Waals surface area contributed by atoms with Gasteiger partial charge in [-0.05, 0) is 43.0 Å². The number of rotatable bonds is 3. The molecule has 1 aromatic carbocycles. The third-order valence-electron chi connectivity index (χ3n) is 3.92. The van der Waals surface area contributed by atoms with Gasteiger partial charge in [0.15, 0.2) is 0 Å².